The van der Waals surface area contributed by atoms with Crippen molar-refractivity contribution in [1.82, 2.24) is 9.80 Å². The van der Waals surface area contributed by atoms with Crippen molar-refractivity contribution in [3.8, 4) is 5.75 Å². The molecule has 3 amide bonds. The molecule has 1 heterocycles. The minimum absolute atomic E-state index is 0.0893. The van der Waals surface area contributed by atoms with Crippen LogP contribution < -0.4 is 10.1 Å². The Kier molecular flexibility index (Phi) is 6.69. The molecule has 0 aromatic heterocycles. The topological polar surface area (TPSA) is 61.9 Å². The summed E-state index contributed by atoms with van der Waals surface area (Å²) >= 11 is 0. The zero-order valence-corrected chi connectivity index (χ0v) is 16.8. The summed E-state index contributed by atoms with van der Waals surface area (Å²) < 4.78 is 18.9. The summed E-state index contributed by atoms with van der Waals surface area (Å²) in [7, 11) is 0. The van der Waals surface area contributed by atoms with Crippen molar-refractivity contribution >= 4 is 17.6 Å². The number of halogens is 1. The third-order valence-electron chi connectivity index (χ3n) is 4.97. The third-order valence-corrected chi connectivity index (χ3v) is 4.97. The molecule has 0 spiro atoms. The molecule has 1 aliphatic heterocycles. The molecule has 0 saturated heterocycles. The summed E-state index contributed by atoms with van der Waals surface area (Å²) in [6.07, 6.45) is 0.340. The Labute approximate surface area is 170 Å². The maximum absolute atomic E-state index is 13.4. The molecule has 1 N–H and O–H groups in total. The Bertz CT molecular complexity index is 866. The van der Waals surface area contributed by atoms with Crippen LogP contribution in [0.2, 0.25) is 0 Å². The van der Waals surface area contributed by atoms with E-state index in [2.05, 4.69) is 5.32 Å². The van der Waals surface area contributed by atoms with Crippen LogP contribution in [-0.4, -0.2) is 48.0 Å². The van der Waals surface area contributed by atoms with E-state index < -0.39 is 0 Å². The number of likely N-dealkylation sites (N-methyl/N-ethyl adjacent to an activating group) is 1. The van der Waals surface area contributed by atoms with Crippen LogP contribution in [0.3, 0.4) is 0 Å². The number of carbonyl (C=O) groups excluding carboxylic acids is 2. The van der Waals surface area contributed by atoms with Crippen LogP contribution in [0.4, 0.5) is 14.9 Å². The molecule has 6 nitrogen and oxygen atoms in total. The number of hydrogen-bond acceptors (Lipinski definition) is 3. The van der Waals surface area contributed by atoms with Gasteiger partial charge in [-0.25, -0.2) is 9.18 Å². The van der Waals surface area contributed by atoms with Crippen molar-refractivity contribution in [2.45, 2.75) is 26.8 Å². The van der Waals surface area contributed by atoms with Crippen LogP contribution in [0.15, 0.2) is 42.5 Å². The fraction of sp³-hybridized carbons (Fsp3) is 0.364. The number of benzene rings is 2. The number of urea groups is 1. The highest BCUT2D eigenvalue weighted by Crippen LogP contribution is 2.24. The van der Waals surface area contributed by atoms with Crippen molar-refractivity contribution in [3.63, 3.8) is 0 Å². The molecular weight excluding hydrogens is 373 g/mol. The highest BCUT2D eigenvalue weighted by molar-refractivity contribution is 5.89. The van der Waals surface area contributed by atoms with Crippen molar-refractivity contribution in [1.29, 1.82) is 0 Å². The Hall–Kier alpha value is -3.09. The molecular formula is C22H26FN3O3. The molecule has 0 aliphatic carbocycles. The largest absolute Gasteiger partial charge is 0.491 e. The third kappa shape index (κ3) is 5.25. The van der Waals surface area contributed by atoms with E-state index in [1.807, 2.05) is 26.0 Å². The Morgan fingerprint density at radius 1 is 1.14 bits per heavy atom. The SMILES string of the molecule is CCN(CC)C(=O)Cc1ccc(NC(=O)N2CCOc3cc(F)ccc3C2)cc1. The summed E-state index contributed by atoms with van der Waals surface area (Å²) in [6, 6.07) is 11.4. The van der Waals surface area contributed by atoms with Gasteiger partial charge in [0.2, 0.25) is 5.91 Å². The van der Waals surface area contributed by atoms with Crippen LogP contribution in [0.1, 0.15) is 25.0 Å². The minimum Gasteiger partial charge on any atom is -0.491 e. The fourth-order valence-electron chi connectivity index (χ4n) is 3.29. The van der Waals surface area contributed by atoms with Crippen LogP contribution >= 0.6 is 0 Å². The van der Waals surface area contributed by atoms with Gasteiger partial charge in [0, 0.05) is 30.4 Å². The van der Waals surface area contributed by atoms with Gasteiger partial charge in [-0.2, -0.15) is 0 Å². The quantitative estimate of drug-likeness (QED) is 0.835. The maximum atomic E-state index is 13.4. The first-order valence-electron chi connectivity index (χ1n) is 9.84. The number of carbonyl (C=O) groups is 2. The number of hydrogen-bond donors (Lipinski definition) is 1. The number of amides is 3. The minimum atomic E-state index is -0.360. The van der Waals surface area contributed by atoms with Crippen LogP contribution in [0.25, 0.3) is 0 Å². The molecule has 154 valence electrons. The number of nitrogens with one attached hydrogen (secondary N) is 1. The predicted molar refractivity (Wildman–Crippen MR) is 109 cm³/mol. The highest BCUT2D eigenvalue weighted by atomic mass is 19.1. The van der Waals surface area contributed by atoms with Crippen LogP contribution in [-0.2, 0) is 17.8 Å². The monoisotopic (exact) mass is 399 g/mol. The van der Waals surface area contributed by atoms with Gasteiger partial charge in [0.1, 0.15) is 18.2 Å². The summed E-state index contributed by atoms with van der Waals surface area (Å²) in [4.78, 5) is 28.3. The highest BCUT2D eigenvalue weighted by Gasteiger charge is 2.20. The van der Waals surface area contributed by atoms with Crippen molar-refractivity contribution in [3.05, 3.63) is 59.4 Å². The molecule has 0 fully saturated rings. The van der Waals surface area contributed by atoms with E-state index >= 15 is 0 Å². The van der Waals surface area contributed by atoms with Crippen molar-refractivity contribution < 1.29 is 18.7 Å². The zero-order valence-electron chi connectivity index (χ0n) is 16.8. The summed E-state index contributed by atoms with van der Waals surface area (Å²) in [5, 5.41) is 2.87. The van der Waals surface area contributed by atoms with E-state index in [1.54, 1.807) is 28.0 Å². The number of nitrogens with zero attached hydrogens (tertiary/aromatic N) is 2. The van der Waals surface area contributed by atoms with Gasteiger partial charge in [-0.05, 0) is 37.6 Å². The van der Waals surface area contributed by atoms with Gasteiger partial charge in [-0.1, -0.05) is 18.2 Å². The van der Waals surface area contributed by atoms with E-state index in [0.717, 1.165) is 11.1 Å². The van der Waals surface area contributed by atoms with Gasteiger partial charge in [-0.3, -0.25) is 4.79 Å². The smallest absolute Gasteiger partial charge is 0.322 e. The summed E-state index contributed by atoms with van der Waals surface area (Å²) in [6.45, 7) is 6.36. The average molecular weight is 399 g/mol. The molecule has 2 aromatic carbocycles. The van der Waals surface area contributed by atoms with E-state index in [-0.39, 0.29) is 17.8 Å². The normalized spacial score (nSPS) is 13.1. The number of fused-ring (bicyclic) bond motifs is 1. The molecule has 0 saturated carbocycles. The predicted octanol–water partition coefficient (Wildman–Crippen LogP) is 3.66. The second kappa shape index (κ2) is 9.41. The zero-order chi connectivity index (χ0) is 20.8. The second-order valence-corrected chi connectivity index (χ2v) is 6.89. The van der Waals surface area contributed by atoms with Gasteiger partial charge < -0.3 is 19.9 Å². The van der Waals surface area contributed by atoms with Gasteiger partial charge in [-0.15, -0.1) is 0 Å². The van der Waals surface area contributed by atoms with Gasteiger partial charge in [0.15, 0.2) is 0 Å². The lowest BCUT2D eigenvalue weighted by Crippen LogP contribution is -2.36. The molecule has 2 aromatic rings. The number of anilines is 1. The molecule has 3 rings (SSSR count). The average Bonchev–Trinajstić information content (AvgIpc) is 2.92. The van der Waals surface area contributed by atoms with Gasteiger partial charge in [0.05, 0.1) is 19.5 Å². The summed E-state index contributed by atoms with van der Waals surface area (Å²) in [5.74, 6) is 0.204. The standard InChI is InChI=1S/C22H26FN3O3/c1-3-25(4-2)21(27)13-16-5-9-19(10-6-16)24-22(28)26-11-12-29-20-14-18(23)8-7-17(20)15-26/h5-10,14H,3-4,11-13,15H2,1-2H3,(H,24,28). The fourth-order valence-corrected chi connectivity index (χ4v) is 3.29. The van der Waals surface area contributed by atoms with Gasteiger partial charge in [0.25, 0.3) is 0 Å². The molecule has 0 radical (unpaired) electrons. The molecule has 0 atom stereocenters. The molecule has 1 aliphatic rings. The maximum Gasteiger partial charge on any atom is 0.322 e. The first kappa shape index (κ1) is 20.6. The molecule has 7 heteroatoms. The summed E-state index contributed by atoms with van der Waals surface area (Å²) in [5.41, 5.74) is 2.32. The lowest BCUT2D eigenvalue weighted by molar-refractivity contribution is -0.130. The van der Waals surface area contributed by atoms with Crippen molar-refractivity contribution in [2.75, 3.05) is 31.6 Å². The lowest BCUT2D eigenvalue weighted by Gasteiger charge is -2.21. The van der Waals surface area contributed by atoms with Crippen LogP contribution in [0, 0.1) is 5.82 Å². The lowest BCUT2D eigenvalue weighted by atomic mass is 10.1. The van der Waals surface area contributed by atoms with Crippen molar-refractivity contribution in [2.24, 2.45) is 0 Å². The Balaban J connectivity index is 1.60. The molecule has 0 unspecified atom stereocenters. The Morgan fingerprint density at radius 3 is 2.55 bits per heavy atom. The Morgan fingerprint density at radius 2 is 1.86 bits per heavy atom. The first-order valence-corrected chi connectivity index (χ1v) is 9.84. The van der Waals surface area contributed by atoms with E-state index in [4.69, 9.17) is 4.74 Å². The number of rotatable bonds is 5. The van der Waals surface area contributed by atoms with E-state index in [1.165, 1.54) is 12.1 Å². The van der Waals surface area contributed by atoms with Crippen LogP contribution in [0.5, 0.6) is 5.75 Å². The number of ether oxygens (including phenoxy) is 1. The van der Waals surface area contributed by atoms with E-state index in [9.17, 15) is 14.0 Å². The van der Waals surface area contributed by atoms with E-state index in [0.29, 0.717) is 50.6 Å². The first-order chi connectivity index (χ1) is 14.0. The second-order valence-electron chi connectivity index (χ2n) is 6.89. The van der Waals surface area contributed by atoms with Gasteiger partial charge >= 0.3 is 6.03 Å². The molecule has 29 heavy (non-hydrogen) atoms. The molecule has 0 bridgehead atoms.